The van der Waals surface area contributed by atoms with E-state index in [4.69, 9.17) is 4.52 Å². The van der Waals surface area contributed by atoms with Crippen LogP contribution in [0, 0.1) is 0 Å². The summed E-state index contributed by atoms with van der Waals surface area (Å²) < 4.78 is 7.01. The molecule has 4 rings (SSSR count). The van der Waals surface area contributed by atoms with Crippen molar-refractivity contribution >= 4 is 23.1 Å². The third-order valence-electron chi connectivity index (χ3n) is 4.17. The molecule has 1 N–H and O–H groups in total. The Kier molecular flexibility index (Phi) is 6.03. The number of rotatable bonds is 9. The van der Waals surface area contributed by atoms with E-state index in [0.29, 0.717) is 29.8 Å². The van der Waals surface area contributed by atoms with Gasteiger partial charge in [0.1, 0.15) is 0 Å². The van der Waals surface area contributed by atoms with Gasteiger partial charge in [-0.1, -0.05) is 53.3 Å². The summed E-state index contributed by atoms with van der Waals surface area (Å²) in [4.78, 5) is 17.5. The maximum Gasteiger partial charge on any atom is 0.343 e. The summed E-state index contributed by atoms with van der Waals surface area (Å²) in [6.45, 7) is 0.607. The monoisotopic (exact) mass is 413 g/mol. The van der Waals surface area contributed by atoms with Crippen LogP contribution in [0.4, 0.5) is 0 Å². The van der Waals surface area contributed by atoms with Crippen molar-refractivity contribution in [3.63, 3.8) is 0 Å². The molecule has 0 amide bonds. The van der Waals surface area contributed by atoms with Crippen LogP contribution in [-0.4, -0.2) is 30.7 Å². The first kappa shape index (κ1) is 18.7. The number of nitrogens with zero attached hydrogens (tertiary/aromatic N) is 4. The lowest BCUT2D eigenvalue weighted by Crippen LogP contribution is -2.18. The van der Waals surface area contributed by atoms with Crippen molar-refractivity contribution in [3.05, 3.63) is 69.8 Å². The van der Waals surface area contributed by atoms with Gasteiger partial charge in [0, 0.05) is 18.7 Å². The molecule has 0 saturated heterocycles. The molecule has 0 aliphatic carbocycles. The van der Waals surface area contributed by atoms with Gasteiger partial charge in [0.15, 0.2) is 5.16 Å². The lowest BCUT2D eigenvalue weighted by molar-refractivity contribution is 0.378. The first-order chi connectivity index (χ1) is 13.8. The summed E-state index contributed by atoms with van der Waals surface area (Å²) >= 11 is 3.15. The predicted octanol–water partition coefficient (Wildman–Crippen LogP) is 3.65. The summed E-state index contributed by atoms with van der Waals surface area (Å²) in [7, 11) is 0. The zero-order valence-corrected chi connectivity index (χ0v) is 16.7. The minimum atomic E-state index is -0.170. The Morgan fingerprint density at radius 3 is 2.86 bits per heavy atom. The number of nitrogens with one attached hydrogen (secondary N) is 1. The number of aryl methyl sites for hydroxylation is 2. The number of thioether (sulfide) groups is 1. The summed E-state index contributed by atoms with van der Waals surface area (Å²) in [5.41, 5.74) is 1.03. The van der Waals surface area contributed by atoms with Crippen molar-refractivity contribution in [2.75, 3.05) is 5.75 Å². The standard InChI is InChI=1S/C19H19N5O2S2/c25-18-21-22-19(24(18)11-10-14-6-2-1-3-7-14)28-13-5-9-16-20-17(23-26-16)15-8-4-12-27-15/h1-4,6-8,12H,5,9-11,13H2,(H,21,25). The number of hydrogen-bond donors (Lipinski definition) is 1. The van der Waals surface area contributed by atoms with E-state index in [0.717, 1.165) is 23.5 Å². The molecule has 1 aromatic carbocycles. The van der Waals surface area contributed by atoms with Crippen LogP contribution in [0.25, 0.3) is 10.7 Å². The quantitative estimate of drug-likeness (QED) is 0.333. The van der Waals surface area contributed by atoms with Crippen molar-refractivity contribution < 1.29 is 4.52 Å². The molecule has 0 aliphatic rings. The number of H-pyrrole nitrogens is 1. The van der Waals surface area contributed by atoms with Gasteiger partial charge in [0.05, 0.1) is 4.88 Å². The lowest BCUT2D eigenvalue weighted by Gasteiger charge is -2.05. The molecule has 0 aliphatic heterocycles. The van der Waals surface area contributed by atoms with E-state index in [1.54, 1.807) is 27.7 Å². The third kappa shape index (κ3) is 4.60. The second-order valence-electron chi connectivity index (χ2n) is 6.14. The zero-order valence-electron chi connectivity index (χ0n) is 15.1. The molecule has 3 heterocycles. The number of benzene rings is 1. The molecule has 0 radical (unpaired) electrons. The van der Waals surface area contributed by atoms with Gasteiger partial charge in [-0.25, -0.2) is 9.89 Å². The molecular formula is C19H19N5O2S2. The molecule has 3 aromatic heterocycles. The molecule has 9 heteroatoms. The third-order valence-corrected chi connectivity index (χ3v) is 6.09. The normalized spacial score (nSPS) is 11.1. The topological polar surface area (TPSA) is 89.6 Å². The maximum atomic E-state index is 12.0. The fraction of sp³-hybridized carbons (Fsp3) is 0.263. The molecule has 0 atom stereocenters. The Hall–Kier alpha value is -2.65. The number of hydrogen-bond acceptors (Lipinski definition) is 7. The summed E-state index contributed by atoms with van der Waals surface area (Å²) in [6, 6.07) is 14.1. The van der Waals surface area contributed by atoms with Crippen LogP contribution in [0.5, 0.6) is 0 Å². The highest BCUT2D eigenvalue weighted by atomic mass is 32.2. The van der Waals surface area contributed by atoms with Crippen LogP contribution < -0.4 is 5.69 Å². The number of aromatic amines is 1. The molecule has 7 nitrogen and oxygen atoms in total. The SMILES string of the molecule is O=c1[nH]nc(SCCCc2nc(-c3cccs3)no2)n1CCc1ccccc1. The van der Waals surface area contributed by atoms with Gasteiger partial charge in [-0.15, -0.1) is 16.4 Å². The fourth-order valence-electron chi connectivity index (χ4n) is 2.75. The predicted molar refractivity (Wildman–Crippen MR) is 110 cm³/mol. The second kappa shape index (κ2) is 9.03. The molecular weight excluding hydrogens is 394 g/mol. The van der Waals surface area contributed by atoms with E-state index in [-0.39, 0.29) is 5.69 Å². The largest absolute Gasteiger partial charge is 0.343 e. The zero-order chi connectivity index (χ0) is 19.2. The Balaban J connectivity index is 1.28. The highest BCUT2D eigenvalue weighted by Crippen LogP contribution is 2.22. The van der Waals surface area contributed by atoms with Crippen molar-refractivity contribution in [1.82, 2.24) is 24.9 Å². The smallest absolute Gasteiger partial charge is 0.339 e. The first-order valence-corrected chi connectivity index (χ1v) is 10.8. The van der Waals surface area contributed by atoms with Crippen LogP contribution in [0.15, 0.2) is 62.3 Å². The molecule has 0 fully saturated rings. The number of aromatic nitrogens is 5. The van der Waals surface area contributed by atoms with E-state index in [1.807, 2.05) is 35.7 Å². The highest BCUT2D eigenvalue weighted by Gasteiger charge is 2.11. The molecule has 144 valence electrons. The van der Waals surface area contributed by atoms with Gasteiger partial charge in [-0.05, 0) is 29.9 Å². The van der Waals surface area contributed by atoms with Crippen LogP contribution in [0.3, 0.4) is 0 Å². The minimum Gasteiger partial charge on any atom is -0.339 e. The summed E-state index contributed by atoms with van der Waals surface area (Å²) in [5.74, 6) is 2.08. The molecule has 4 aromatic rings. The van der Waals surface area contributed by atoms with Crippen LogP contribution in [0.2, 0.25) is 0 Å². The number of thiophene rings is 1. The Morgan fingerprint density at radius 2 is 2.04 bits per heavy atom. The Morgan fingerprint density at radius 1 is 1.14 bits per heavy atom. The van der Waals surface area contributed by atoms with Crippen LogP contribution in [-0.2, 0) is 19.4 Å². The maximum absolute atomic E-state index is 12.0. The van der Waals surface area contributed by atoms with E-state index >= 15 is 0 Å². The van der Waals surface area contributed by atoms with Gasteiger partial charge in [0.25, 0.3) is 0 Å². The lowest BCUT2D eigenvalue weighted by atomic mass is 10.1. The van der Waals surface area contributed by atoms with E-state index in [2.05, 4.69) is 32.5 Å². The van der Waals surface area contributed by atoms with Gasteiger partial charge >= 0.3 is 5.69 Å². The van der Waals surface area contributed by atoms with E-state index in [1.165, 1.54) is 5.56 Å². The van der Waals surface area contributed by atoms with Crippen LogP contribution >= 0.6 is 23.1 Å². The minimum absolute atomic E-state index is 0.170. The van der Waals surface area contributed by atoms with Gasteiger partial charge in [0.2, 0.25) is 11.7 Å². The summed E-state index contributed by atoms with van der Waals surface area (Å²) in [5, 5.41) is 13.4. The molecule has 0 spiro atoms. The Bertz CT molecular complexity index is 1050. The molecule has 0 unspecified atom stereocenters. The van der Waals surface area contributed by atoms with Crippen molar-refractivity contribution in [3.8, 4) is 10.7 Å². The van der Waals surface area contributed by atoms with Crippen molar-refractivity contribution in [1.29, 1.82) is 0 Å². The van der Waals surface area contributed by atoms with Crippen molar-refractivity contribution in [2.24, 2.45) is 0 Å². The Labute approximate surface area is 169 Å². The second-order valence-corrected chi connectivity index (χ2v) is 8.15. The van der Waals surface area contributed by atoms with Gasteiger partial charge < -0.3 is 4.52 Å². The molecule has 0 bridgehead atoms. The average Bonchev–Trinajstić information content (AvgIpc) is 3.46. The van der Waals surface area contributed by atoms with Gasteiger partial charge in [-0.2, -0.15) is 4.98 Å². The van der Waals surface area contributed by atoms with Gasteiger partial charge in [-0.3, -0.25) is 4.57 Å². The van der Waals surface area contributed by atoms with Crippen LogP contribution in [0.1, 0.15) is 17.9 Å². The molecule has 0 saturated carbocycles. The van der Waals surface area contributed by atoms with E-state index in [9.17, 15) is 4.79 Å². The van der Waals surface area contributed by atoms with Crippen molar-refractivity contribution in [2.45, 2.75) is 31.0 Å². The fourth-order valence-corrected chi connectivity index (χ4v) is 4.31. The molecule has 28 heavy (non-hydrogen) atoms. The average molecular weight is 414 g/mol. The van der Waals surface area contributed by atoms with E-state index < -0.39 is 0 Å². The highest BCUT2D eigenvalue weighted by molar-refractivity contribution is 7.99. The first-order valence-electron chi connectivity index (χ1n) is 8.98. The summed E-state index contributed by atoms with van der Waals surface area (Å²) in [6.07, 6.45) is 2.35.